The quantitative estimate of drug-likeness (QED) is 0.168. The molecule has 0 saturated carbocycles. The molecule has 1 fully saturated rings. The lowest BCUT2D eigenvalue weighted by atomic mass is 9.99. The molecule has 1 saturated heterocycles. The molecular formula is C35H44N2O6. The summed E-state index contributed by atoms with van der Waals surface area (Å²) in [5.74, 6) is -0.837. The molecule has 3 aromatic carbocycles. The Kier molecular flexibility index (Phi) is 12.3. The summed E-state index contributed by atoms with van der Waals surface area (Å²) < 4.78 is 13.0. The number of hydrogen-bond acceptors (Lipinski definition) is 6. The second-order valence-corrected chi connectivity index (χ2v) is 11.4. The summed E-state index contributed by atoms with van der Waals surface area (Å²) in [5.41, 5.74) is 4.73. The molecule has 8 heteroatoms. The van der Waals surface area contributed by atoms with Crippen LogP contribution in [0, 0.1) is 0 Å². The highest BCUT2D eigenvalue weighted by Gasteiger charge is 2.33. The third-order valence-corrected chi connectivity index (χ3v) is 8.06. The number of amides is 1. The number of rotatable bonds is 15. The Morgan fingerprint density at radius 1 is 0.884 bits per heavy atom. The van der Waals surface area contributed by atoms with Gasteiger partial charge in [-0.1, -0.05) is 79.6 Å². The van der Waals surface area contributed by atoms with Crippen LogP contribution in [0.15, 0.2) is 78.9 Å². The standard InChI is InChI=1S/C35H44N2O6/c1-25(27-10-6-5-7-11-27)37(2)23-31-22-32(28-16-14-26(24-38)15-17-28)43-35(42-31)29-18-20-30(21-19-29)36-33(39)12-8-3-4-9-13-34(40)41/h5-7,10-11,14-21,25,31-32,35,38H,3-4,8-9,12-13,22-24H2,1-2H3,(H,36,39)(H,40,41). The average Bonchev–Trinajstić information content (AvgIpc) is 3.03. The minimum atomic E-state index is -0.780. The smallest absolute Gasteiger partial charge is 0.303 e. The molecule has 0 radical (unpaired) electrons. The predicted octanol–water partition coefficient (Wildman–Crippen LogP) is 6.78. The van der Waals surface area contributed by atoms with Crippen LogP contribution in [0.4, 0.5) is 5.69 Å². The third kappa shape index (κ3) is 10.0. The Bertz CT molecular complexity index is 1280. The number of aliphatic hydroxyl groups excluding tert-OH is 1. The maximum atomic E-state index is 12.4. The zero-order valence-electron chi connectivity index (χ0n) is 25.2. The first kappa shape index (κ1) is 32.4. The van der Waals surface area contributed by atoms with Crippen LogP contribution in [0.2, 0.25) is 0 Å². The van der Waals surface area contributed by atoms with Gasteiger partial charge < -0.3 is 25.0 Å². The van der Waals surface area contributed by atoms with Crippen LogP contribution in [-0.4, -0.2) is 46.7 Å². The molecule has 1 heterocycles. The molecule has 4 atom stereocenters. The fraction of sp³-hybridized carbons (Fsp3) is 0.429. The second kappa shape index (κ2) is 16.3. The fourth-order valence-electron chi connectivity index (χ4n) is 5.36. The topological polar surface area (TPSA) is 108 Å². The number of carbonyl (C=O) groups is 2. The van der Waals surface area contributed by atoms with E-state index in [0.717, 1.165) is 42.5 Å². The number of likely N-dealkylation sites (N-methyl/N-ethyl adjacent to an activating group) is 1. The first-order chi connectivity index (χ1) is 20.8. The number of nitrogens with zero attached hydrogens (tertiary/aromatic N) is 1. The Morgan fingerprint density at radius 2 is 1.53 bits per heavy atom. The molecule has 43 heavy (non-hydrogen) atoms. The lowest BCUT2D eigenvalue weighted by Gasteiger charge is -2.39. The van der Waals surface area contributed by atoms with Crippen molar-refractivity contribution in [1.82, 2.24) is 4.90 Å². The van der Waals surface area contributed by atoms with Gasteiger partial charge in [0, 0.05) is 43.1 Å². The normalized spacial score (nSPS) is 19.2. The average molecular weight is 589 g/mol. The van der Waals surface area contributed by atoms with E-state index in [1.807, 2.05) is 54.6 Å². The molecule has 230 valence electrons. The molecule has 1 aliphatic heterocycles. The first-order valence-electron chi connectivity index (χ1n) is 15.2. The van der Waals surface area contributed by atoms with Crippen molar-refractivity contribution in [2.75, 3.05) is 18.9 Å². The highest BCUT2D eigenvalue weighted by Crippen LogP contribution is 2.39. The SMILES string of the molecule is CC(c1ccccc1)N(C)CC1CC(c2ccc(CO)cc2)OC(c2ccc(NC(=O)CCCCCCC(=O)O)cc2)O1. The maximum Gasteiger partial charge on any atom is 0.303 e. The van der Waals surface area contributed by atoms with Crippen molar-refractivity contribution >= 4 is 17.6 Å². The fourth-order valence-corrected chi connectivity index (χ4v) is 5.36. The van der Waals surface area contributed by atoms with E-state index in [0.29, 0.717) is 24.9 Å². The number of aliphatic carboxylic acids is 1. The number of aliphatic hydroxyl groups is 1. The molecule has 3 N–H and O–H groups in total. The van der Waals surface area contributed by atoms with Crippen molar-refractivity contribution in [3.63, 3.8) is 0 Å². The number of anilines is 1. The summed E-state index contributed by atoms with van der Waals surface area (Å²) in [6.45, 7) is 2.92. The Balaban J connectivity index is 1.39. The highest BCUT2D eigenvalue weighted by molar-refractivity contribution is 5.90. The largest absolute Gasteiger partial charge is 0.481 e. The van der Waals surface area contributed by atoms with Crippen LogP contribution in [0.1, 0.15) is 92.6 Å². The van der Waals surface area contributed by atoms with Crippen LogP contribution in [-0.2, 0) is 25.7 Å². The van der Waals surface area contributed by atoms with Crippen molar-refractivity contribution in [2.24, 2.45) is 0 Å². The van der Waals surface area contributed by atoms with Crippen molar-refractivity contribution < 1.29 is 29.3 Å². The molecule has 1 amide bonds. The van der Waals surface area contributed by atoms with Gasteiger partial charge in [-0.25, -0.2) is 0 Å². The summed E-state index contributed by atoms with van der Waals surface area (Å²) >= 11 is 0. The van der Waals surface area contributed by atoms with Gasteiger partial charge in [0.05, 0.1) is 18.8 Å². The van der Waals surface area contributed by atoms with Crippen molar-refractivity contribution in [3.05, 3.63) is 101 Å². The summed E-state index contributed by atoms with van der Waals surface area (Å²) in [6.07, 6.45) is 3.46. The number of carboxylic acids is 1. The molecule has 0 spiro atoms. The van der Waals surface area contributed by atoms with E-state index >= 15 is 0 Å². The Hall–Kier alpha value is -3.56. The first-order valence-corrected chi connectivity index (χ1v) is 15.2. The zero-order chi connectivity index (χ0) is 30.6. The van der Waals surface area contributed by atoms with E-state index in [9.17, 15) is 14.7 Å². The van der Waals surface area contributed by atoms with Gasteiger partial charge in [-0.15, -0.1) is 0 Å². The van der Waals surface area contributed by atoms with E-state index in [4.69, 9.17) is 14.6 Å². The van der Waals surface area contributed by atoms with Crippen LogP contribution < -0.4 is 5.32 Å². The van der Waals surface area contributed by atoms with Crippen LogP contribution in [0.5, 0.6) is 0 Å². The highest BCUT2D eigenvalue weighted by atomic mass is 16.7. The van der Waals surface area contributed by atoms with E-state index in [1.54, 1.807) is 0 Å². The van der Waals surface area contributed by atoms with Gasteiger partial charge in [0.1, 0.15) is 0 Å². The number of ether oxygens (including phenoxy) is 2. The number of carboxylic acid groups (broad SMARTS) is 1. The molecule has 3 aromatic rings. The number of hydrogen-bond donors (Lipinski definition) is 3. The van der Waals surface area contributed by atoms with E-state index in [2.05, 4.69) is 48.5 Å². The van der Waals surface area contributed by atoms with E-state index < -0.39 is 12.3 Å². The van der Waals surface area contributed by atoms with Gasteiger partial charge in [-0.2, -0.15) is 0 Å². The van der Waals surface area contributed by atoms with Gasteiger partial charge in [0.2, 0.25) is 5.91 Å². The molecule has 4 unspecified atom stereocenters. The van der Waals surface area contributed by atoms with Crippen molar-refractivity contribution in [3.8, 4) is 0 Å². The van der Waals surface area contributed by atoms with E-state index in [-0.39, 0.29) is 37.2 Å². The Morgan fingerprint density at radius 3 is 2.19 bits per heavy atom. The summed E-state index contributed by atoms with van der Waals surface area (Å²) in [7, 11) is 2.12. The number of benzene rings is 3. The van der Waals surface area contributed by atoms with Gasteiger partial charge in [-0.3, -0.25) is 14.5 Å². The Labute approximate surface area is 254 Å². The minimum absolute atomic E-state index is 0.00197. The molecule has 0 aromatic heterocycles. The summed E-state index contributed by atoms with van der Waals surface area (Å²) in [5, 5.41) is 21.2. The zero-order valence-corrected chi connectivity index (χ0v) is 25.2. The molecule has 0 aliphatic carbocycles. The molecule has 0 bridgehead atoms. The minimum Gasteiger partial charge on any atom is -0.481 e. The summed E-state index contributed by atoms with van der Waals surface area (Å²) in [4.78, 5) is 25.3. The second-order valence-electron chi connectivity index (χ2n) is 11.4. The van der Waals surface area contributed by atoms with Gasteiger partial charge in [0.25, 0.3) is 0 Å². The number of nitrogens with one attached hydrogen (secondary N) is 1. The molecular weight excluding hydrogens is 544 g/mol. The molecule has 4 rings (SSSR count). The van der Waals surface area contributed by atoms with Gasteiger partial charge >= 0.3 is 5.97 Å². The summed E-state index contributed by atoms with van der Waals surface area (Å²) in [6, 6.07) is 26.1. The lowest BCUT2D eigenvalue weighted by Crippen LogP contribution is -2.38. The van der Waals surface area contributed by atoms with Crippen molar-refractivity contribution in [1.29, 1.82) is 0 Å². The molecule has 8 nitrogen and oxygen atoms in total. The van der Waals surface area contributed by atoms with Crippen LogP contribution in [0.3, 0.4) is 0 Å². The van der Waals surface area contributed by atoms with E-state index in [1.165, 1.54) is 5.56 Å². The maximum absolute atomic E-state index is 12.4. The monoisotopic (exact) mass is 588 g/mol. The van der Waals surface area contributed by atoms with Gasteiger partial charge in [0.15, 0.2) is 6.29 Å². The van der Waals surface area contributed by atoms with Crippen molar-refractivity contribution in [2.45, 2.75) is 83.0 Å². The number of unbranched alkanes of at least 4 members (excludes halogenated alkanes) is 3. The van der Waals surface area contributed by atoms with Crippen LogP contribution >= 0.6 is 0 Å². The predicted molar refractivity (Wildman–Crippen MR) is 166 cm³/mol. The van der Waals surface area contributed by atoms with Gasteiger partial charge in [-0.05, 0) is 55.6 Å². The number of carbonyl (C=O) groups excluding carboxylic acids is 1. The third-order valence-electron chi connectivity index (χ3n) is 8.06. The van der Waals surface area contributed by atoms with Crippen LogP contribution in [0.25, 0.3) is 0 Å². The lowest BCUT2D eigenvalue weighted by molar-refractivity contribution is -0.253. The molecule has 1 aliphatic rings.